The number of aliphatic hydroxyl groups is 1. The molecule has 17 heavy (non-hydrogen) atoms. The molecule has 0 aliphatic heterocycles. The van der Waals surface area contributed by atoms with Crippen LogP contribution in [0.5, 0.6) is 0 Å². The van der Waals surface area contributed by atoms with Gasteiger partial charge in [0.05, 0.1) is 6.10 Å². The van der Waals surface area contributed by atoms with Gasteiger partial charge in [0.2, 0.25) is 0 Å². The maximum absolute atomic E-state index is 11.8. The van der Waals surface area contributed by atoms with E-state index in [1.807, 2.05) is 0 Å². The Morgan fingerprint density at radius 3 is 2.59 bits per heavy atom. The van der Waals surface area contributed by atoms with Crippen LogP contribution in [0.2, 0.25) is 0 Å². The largest absolute Gasteiger partial charge is 0.389 e. The van der Waals surface area contributed by atoms with Gasteiger partial charge in [0.15, 0.2) is 0 Å². The third-order valence-electron chi connectivity index (χ3n) is 4.99. The number of aliphatic hydroxyl groups excluding tert-OH is 1. The fourth-order valence-corrected chi connectivity index (χ4v) is 4.06. The first kappa shape index (κ1) is 12.8. The molecule has 0 amide bonds. The zero-order valence-corrected chi connectivity index (χ0v) is 11.1. The molecule has 5 atom stereocenters. The number of rotatable bonds is 2. The highest BCUT2D eigenvalue weighted by molar-refractivity contribution is 5.79. The van der Waals surface area contributed by atoms with E-state index >= 15 is 0 Å². The Balaban J connectivity index is 2.29. The van der Waals surface area contributed by atoms with Crippen molar-refractivity contribution in [3.05, 3.63) is 12.2 Å². The molecule has 2 nitrogen and oxygen atoms in total. The average molecular weight is 236 g/mol. The van der Waals surface area contributed by atoms with Crippen molar-refractivity contribution < 1.29 is 9.90 Å². The van der Waals surface area contributed by atoms with Crippen molar-refractivity contribution in [3.8, 4) is 0 Å². The molecular weight excluding hydrogens is 212 g/mol. The summed E-state index contributed by atoms with van der Waals surface area (Å²) in [5, 5.41) is 10.1. The predicted molar refractivity (Wildman–Crippen MR) is 68.5 cm³/mol. The lowest BCUT2D eigenvalue weighted by Gasteiger charge is -2.42. The number of hydrogen-bond donors (Lipinski definition) is 1. The van der Waals surface area contributed by atoms with Crippen LogP contribution < -0.4 is 0 Å². The van der Waals surface area contributed by atoms with Crippen molar-refractivity contribution >= 4 is 5.78 Å². The minimum atomic E-state index is -0.352. The minimum Gasteiger partial charge on any atom is -0.389 e. The normalized spacial score (nSPS) is 41.7. The summed E-state index contributed by atoms with van der Waals surface area (Å²) in [5.74, 6) is 2.34. The van der Waals surface area contributed by atoms with Gasteiger partial charge < -0.3 is 5.11 Å². The van der Waals surface area contributed by atoms with Gasteiger partial charge in [0, 0.05) is 5.92 Å². The fraction of sp³-hybridized carbons (Fsp3) is 0.800. The number of Topliss-reactive ketones (excluding diaryl/α,β-unsaturated/α-hetero) is 1. The molecular formula is C15H24O2. The lowest BCUT2D eigenvalue weighted by molar-refractivity contribution is -0.123. The van der Waals surface area contributed by atoms with Crippen LogP contribution in [0, 0.1) is 29.6 Å². The van der Waals surface area contributed by atoms with E-state index in [-0.39, 0.29) is 12.0 Å². The van der Waals surface area contributed by atoms with Gasteiger partial charge in [-0.25, -0.2) is 0 Å². The number of ketones is 1. The maximum Gasteiger partial charge on any atom is 0.133 e. The van der Waals surface area contributed by atoms with Gasteiger partial charge in [-0.3, -0.25) is 4.79 Å². The third kappa shape index (κ3) is 2.08. The van der Waals surface area contributed by atoms with Crippen LogP contribution in [0.3, 0.4) is 0 Å². The molecule has 2 aliphatic carbocycles. The molecule has 2 aliphatic rings. The van der Waals surface area contributed by atoms with Gasteiger partial charge in [-0.15, -0.1) is 0 Å². The highest BCUT2D eigenvalue weighted by atomic mass is 16.3. The lowest BCUT2D eigenvalue weighted by atomic mass is 9.63. The molecule has 0 aromatic carbocycles. The summed E-state index contributed by atoms with van der Waals surface area (Å²) in [4.78, 5) is 11.8. The summed E-state index contributed by atoms with van der Waals surface area (Å²) in [7, 11) is 0. The van der Waals surface area contributed by atoms with Crippen molar-refractivity contribution in [2.45, 2.75) is 46.1 Å². The molecule has 0 aromatic heterocycles. The monoisotopic (exact) mass is 236 g/mol. The van der Waals surface area contributed by atoms with Crippen molar-refractivity contribution in [2.75, 3.05) is 0 Å². The summed E-state index contributed by atoms with van der Waals surface area (Å²) in [6.07, 6.45) is 2.46. The average Bonchev–Trinajstić information content (AvgIpc) is 2.67. The van der Waals surface area contributed by atoms with E-state index in [0.29, 0.717) is 29.5 Å². The molecule has 2 heteroatoms. The van der Waals surface area contributed by atoms with Gasteiger partial charge >= 0.3 is 0 Å². The van der Waals surface area contributed by atoms with E-state index in [2.05, 4.69) is 20.4 Å². The summed E-state index contributed by atoms with van der Waals surface area (Å²) in [5.41, 5.74) is 0.982. The Bertz CT molecular complexity index is 332. The van der Waals surface area contributed by atoms with Crippen molar-refractivity contribution in [3.63, 3.8) is 0 Å². The van der Waals surface area contributed by atoms with E-state index in [9.17, 15) is 9.90 Å². The molecule has 1 N–H and O–H groups in total. The summed E-state index contributed by atoms with van der Waals surface area (Å²) >= 11 is 0. The van der Waals surface area contributed by atoms with E-state index in [0.717, 1.165) is 24.8 Å². The molecule has 2 saturated carbocycles. The van der Waals surface area contributed by atoms with Gasteiger partial charge in [-0.2, -0.15) is 0 Å². The van der Waals surface area contributed by atoms with E-state index < -0.39 is 0 Å². The number of carbonyl (C=O) groups excluding carboxylic acids is 1. The van der Waals surface area contributed by atoms with Crippen LogP contribution in [0.25, 0.3) is 0 Å². The van der Waals surface area contributed by atoms with Crippen LogP contribution in [0.4, 0.5) is 0 Å². The van der Waals surface area contributed by atoms with E-state index in [1.54, 1.807) is 6.92 Å². The Morgan fingerprint density at radius 2 is 2.06 bits per heavy atom. The summed E-state index contributed by atoms with van der Waals surface area (Å²) < 4.78 is 0. The SMILES string of the molecule is C=C1C(O)CC(C(C)C)C2C1CCC2C(C)=O. The first-order chi connectivity index (χ1) is 7.93. The smallest absolute Gasteiger partial charge is 0.133 e. The Kier molecular flexibility index (Phi) is 3.44. The van der Waals surface area contributed by atoms with E-state index in [4.69, 9.17) is 0 Å². The zero-order chi connectivity index (χ0) is 12.7. The van der Waals surface area contributed by atoms with Crippen LogP contribution in [0.1, 0.15) is 40.0 Å². The molecule has 0 bridgehead atoms. The third-order valence-corrected chi connectivity index (χ3v) is 4.99. The predicted octanol–water partition coefficient (Wildman–Crippen LogP) is 2.81. The van der Waals surface area contributed by atoms with Gasteiger partial charge in [0.1, 0.15) is 5.78 Å². The van der Waals surface area contributed by atoms with Gasteiger partial charge in [-0.05, 0) is 55.4 Å². The first-order valence-electron chi connectivity index (χ1n) is 6.80. The second kappa shape index (κ2) is 4.56. The molecule has 0 aromatic rings. The maximum atomic E-state index is 11.8. The summed E-state index contributed by atoms with van der Waals surface area (Å²) in [6.45, 7) is 10.2. The highest BCUT2D eigenvalue weighted by Crippen LogP contribution is 2.52. The number of fused-ring (bicyclic) bond motifs is 1. The first-order valence-corrected chi connectivity index (χ1v) is 6.80. The Hall–Kier alpha value is -0.630. The molecule has 0 heterocycles. The molecule has 5 unspecified atom stereocenters. The van der Waals surface area contributed by atoms with Crippen LogP contribution >= 0.6 is 0 Å². The molecule has 0 saturated heterocycles. The quantitative estimate of drug-likeness (QED) is 0.749. The Morgan fingerprint density at radius 1 is 1.41 bits per heavy atom. The van der Waals surface area contributed by atoms with Crippen molar-refractivity contribution in [2.24, 2.45) is 29.6 Å². The van der Waals surface area contributed by atoms with Crippen LogP contribution in [-0.2, 0) is 4.79 Å². The highest BCUT2D eigenvalue weighted by Gasteiger charge is 2.49. The fourth-order valence-electron chi connectivity index (χ4n) is 4.06. The molecule has 0 radical (unpaired) electrons. The topological polar surface area (TPSA) is 37.3 Å². The zero-order valence-electron chi connectivity index (χ0n) is 11.1. The van der Waals surface area contributed by atoms with E-state index in [1.165, 1.54) is 0 Å². The lowest BCUT2D eigenvalue weighted by Crippen LogP contribution is -2.40. The van der Waals surface area contributed by atoms with Crippen molar-refractivity contribution in [1.29, 1.82) is 0 Å². The number of carbonyl (C=O) groups is 1. The minimum absolute atomic E-state index is 0.205. The molecule has 0 spiro atoms. The molecule has 2 fully saturated rings. The summed E-state index contributed by atoms with van der Waals surface area (Å²) in [6, 6.07) is 0. The molecule has 96 valence electrons. The number of hydrogen-bond acceptors (Lipinski definition) is 2. The Labute approximate surface area is 104 Å². The second-order valence-electron chi connectivity index (χ2n) is 6.21. The second-order valence-corrected chi connectivity index (χ2v) is 6.21. The molecule has 2 rings (SSSR count). The van der Waals surface area contributed by atoms with Crippen molar-refractivity contribution in [1.82, 2.24) is 0 Å². The van der Waals surface area contributed by atoms with Gasteiger partial charge in [0.25, 0.3) is 0 Å². The van der Waals surface area contributed by atoms with Crippen LogP contribution in [-0.4, -0.2) is 17.0 Å². The standard InChI is InChI=1S/C15H24O2/c1-8(2)13-7-14(17)9(3)11-5-6-12(10(4)16)15(11)13/h8,11-15,17H,3,5-7H2,1-2,4H3. The van der Waals surface area contributed by atoms with Gasteiger partial charge in [-0.1, -0.05) is 20.4 Å². The van der Waals surface area contributed by atoms with Crippen LogP contribution in [0.15, 0.2) is 12.2 Å².